The van der Waals surface area contributed by atoms with Crippen molar-refractivity contribution in [2.24, 2.45) is 0 Å². The highest BCUT2D eigenvalue weighted by molar-refractivity contribution is 8.14. The number of aromatic nitrogens is 2. The number of hydrogen-bond acceptors (Lipinski definition) is 6. The number of rotatable bonds is 5. The largest absolute Gasteiger partial charge is 0.444 e. The molecule has 2 heterocycles. The number of hydrogen-bond donors (Lipinski definition) is 2. The van der Waals surface area contributed by atoms with Gasteiger partial charge in [0.2, 0.25) is 0 Å². The van der Waals surface area contributed by atoms with Gasteiger partial charge in [0, 0.05) is 31.5 Å². The first-order chi connectivity index (χ1) is 12.2. The number of nitrogens with zero attached hydrogens (tertiary/aromatic N) is 2. The van der Waals surface area contributed by atoms with Crippen molar-refractivity contribution in [1.29, 1.82) is 0 Å². The second kappa shape index (κ2) is 9.23. The molecule has 0 saturated carbocycles. The first-order valence-corrected chi connectivity index (χ1v) is 9.69. The van der Waals surface area contributed by atoms with E-state index in [4.69, 9.17) is 4.74 Å². The van der Waals surface area contributed by atoms with Crippen LogP contribution < -0.4 is 10.6 Å². The number of piperidine rings is 1. The van der Waals surface area contributed by atoms with Crippen LogP contribution >= 0.6 is 11.8 Å². The van der Waals surface area contributed by atoms with Crippen molar-refractivity contribution in [3.8, 4) is 0 Å². The Morgan fingerprint density at radius 1 is 1.50 bits per heavy atom. The SMILES string of the molecule is CC(=O)SC1CCNCC1=Cc1ccn(CCNC(=O)OC(C)(C)C)n1. The minimum absolute atomic E-state index is 0.140. The summed E-state index contributed by atoms with van der Waals surface area (Å²) in [6, 6.07) is 1.94. The van der Waals surface area contributed by atoms with E-state index < -0.39 is 11.7 Å². The quantitative estimate of drug-likeness (QED) is 0.816. The van der Waals surface area contributed by atoms with E-state index in [1.807, 2.05) is 39.1 Å². The van der Waals surface area contributed by atoms with Gasteiger partial charge in [-0.3, -0.25) is 9.48 Å². The number of carbonyl (C=O) groups excluding carboxylic acids is 2. The Balaban J connectivity index is 1.88. The molecule has 0 aromatic carbocycles. The van der Waals surface area contributed by atoms with Crippen LogP contribution in [0.15, 0.2) is 17.8 Å². The van der Waals surface area contributed by atoms with Crippen LogP contribution in [0.3, 0.4) is 0 Å². The lowest BCUT2D eigenvalue weighted by Crippen LogP contribution is -2.34. The number of thioether (sulfide) groups is 1. The van der Waals surface area contributed by atoms with Crippen LogP contribution in [0.5, 0.6) is 0 Å². The van der Waals surface area contributed by atoms with E-state index in [-0.39, 0.29) is 10.4 Å². The Morgan fingerprint density at radius 3 is 2.96 bits per heavy atom. The van der Waals surface area contributed by atoms with Crippen molar-refractivity contribution < 1.29 is 14.3 Å². The molecule has 1 fully saturated rings. The highest BCUT2D eigenvalue weighted by Gasteiger charge is 2.21. The van der Waals surface area contributed by atoms with Gasteiger partial charge >= 0.3 is 6.09 Å². The van der Waals surface area contributed by atoms with E-state index in [1.165, 1.54) is 17.3 Å². The molecule has 0 spiro atoms. The molecule has 1 aliphatic heterocycles. The highest BCUT2D eigenvalue weighted by Crippen LogP contribution is 2.26. The number of alkyl carbamates (subject to hydrolysis) is 1. The molecule has 1 unspecified atom stereocenters. The Morgan fingerprint density at radius 2 is 2.27 bits per heavy atom. The van der Waals surface area contributed by atoms with Gasteiger partial charge in [-0.2, -0.15) is 5.10 Å². The topological polar surface area (TPSA) is 85.2 Å². The Bertz CT molecular complexity index is 664. The zero-order valence-electron chi connectivity index (χ0n) is 15.9. The van der Waals surface area contributed by atoms with Crippen molar-refractivity contribution in [1.82, 2.24) is 20.4 Å². The average Bonchev–Trinajstić information content (AvgIpc) is 2.94. The van der Waals surface area contributed by atoms with Gasteiger partial charge in [-0.25, -0.2) is 4.79 Å². The fourth-order valence-corrected chi connectivity index (χ4v) is 3.54. The number of nitrogens with one attached hydrogen (secondary N) is 2. The fourth-order valence-electron chi connectivity index (χ4n) is 2.60. The number of amides is 1. The lowest BCUT2D eigenvalue weighted by molar-refractivity contribution is -0.109. The third kappa shape index (κ3) is 7.21. The van der Waals surface area contributed by atoms with Crippen LogP contribution in [0.1, 0.15) is 39.8 Å². The zero-order valence-corrected chi connectivity index (χ0v) is 16.7. The van der Waals surface area contributed by atoms with Crippen molar-refractivity contribution in [2.75, 3.05) is 19.6 Å². The molecule has 1 atom stereocenters. The van der Waals surface area contributed by atoms with Crippen LogP contribution in [0.25, 0.3) is 6.08 Å². The van der Waals surface area contributed by atoms with Gasteiger partial charge in [0.25, 0.3) is 0 Å². The summed E-state index contributed by atoms with van der Waals surface area (Å²) in [7, 11) is 0. The first kappa shape index (κ1) is 20.5. The van der Waals surface area contributed by atoms with Crippen LogP contribution in [0.2, 0.25) is 0 Å². The Labute approximate surface area is 158 Å². The van der Waals surface area contributed by atoms with E-state index in [0.717, 1.165) is 25.2 Å². The molecular weight excluding hydrogens is 352 g/mol. The fraction of sp³-hybridized carbons (Fsp3) is 0.611. The van der Waals surface area contributed by atoms with Crippen LogP contribution in [-0.4, -0.2) is 51.5 Å². The van der Waals surface area contributed by atoms with Gasteiger partial charge in [0.15, 0.2) is 5.12 Å². The lowest BCUT2D eigenvalue weighted by Gasteiger charge is -2.24. The van der Waals surface area contributed by atoms with Gasteiger partial charge in [-0.15, -0.1) is 0 Å². The predicted octanol–water partition coefficient (Wildman–Crippen LogP) is 2.43. The summed E-state index contributed by atoms with van der Waals surface area (Å²) in [4.78, 5) is 23.1. The molecule has 144 valence electrons. The molecular formula is C18H28N4O3S. The second-order valence-electron chi connectivity index (χ2n) is 7.22. The Hall–Kier alpha value is -1.80. The van der Waals surface area contributed by atoms with Gasteiger partial charge < -0.3 is 15.4 Å². The van der Waals surface area contributed by atoms with E-state index in [0.29, 0.717) is 13.1 Å². The third-order valence-corrected chi connectivity index (χ3v) is 4.79. The summed E-state index contributed by atoms with van der Waals surface area (Å²) in [5.74, 6) is 0. The predicted molar refractivity (Wildman–Crippen MR) is 104 cm³/mol. The number of carbonyl (C=O) groups is 2. The second-order valence-corrected chi connectivity index (χ2v) is 8.59. The van der Waals surface area contributed by atoms with E-state index in [9.17, 15) is 9.59 Å². The van der Waals surface area contributed by atoms with Crippen LogP contribution in [-0.2, 0) is 16.1 Å². The summed E-state index contributed by atoms with van der Waals surface area (Å²) in [5.41, 5.74) is 1.54. The molecule has 1 aromatic rings. The van der Waals surface area contributed by atoms with E-state index in [1.54, 1.807) is 11.6 Å². The molecule has 7 nitrogen and oxygen atoms in total. The summed E-state index contributed by atoms with van der Waals surface area (Å²) in [6.45, 7) is 9.80. The molecule has 1 saturated heterocycles. The highest BCUT2D eigenvalue weighted by atomic mass is 32.2. The molecule has 26 heavy (non-hydrogen) atoms. The molecule has 1 aromatic heterocycles. The number of ether oxygens (including phenoxy) is 1. The molecule has 2 rings (SSSR count). The Kier molecular flexibility index (Phi) is 7.28. The zero-order chi connectivity index (χ0) is 19.2. The molecule has 0 bridgehead atoms. The van der Waals surface area contributed by atoms with Crippen molar-refractivity contribution in [2.45, 2.75) is 51.5 Å². The standard InChI is InChI=1S/C18H28N4O3S/c1-13(23)26-16-5-7-19-12-14(16)11-15-6-9-22(21-15)10-8-20-17(24)25-18(2,3)4/h6,9,11,16,19H,5,7-8,10,12H2,1-4H3,(H,20,24). The molecule has 1 aliphatic rings. The molecule has 0 aliphatic carbocycles. The minimum Gasteiger partial charge on any atom is -0.444 e. The van der Waals surface area contributed by atoms with Gasteiger partial charge in [-0.1, -0.05) is 11.8 Å². The smallest absolute Gasteiger partial charge is 0.407 e. The third-order valence-electron chi connectivity index (χ3n) is 3.64. The van der Waals surface area contributed by atoms with Gasteiger partial charge in [0.05, 0.1) is 12.2 Å². The maximum Gasteiger partial charge on any atom is 0.407 e. The summed E-state index contributed by atoms with van der Waals surface area (Å²) < 4.78 is 6.98. The van der Waals surface area contributed by atoms with Crippen LogP contribution in [0.4, 0.5) is 4.79 Å². The normalized spacial score (nSPS) is 19.4. The monoisotopic (exact) mass is 380 g/mol. The van der Waals surface area contributed by atoms with Gasteiger partial charge in [-0.05, 0) is 51.5 Å². The summed E-state index contributed by atoms with van der Waals surface area (Å²) in [5, 5.41) is 10.9. The molecule has 2 N–H and O–H groups in total. The minimum atomic E-state index is -0.502. The van der Waals surface area contributed by atoms with Gasteiger partial charge in [0.1, 0.15) is 5.60 Å². The van der Waals surface area contributed by atoms with E-state index in [2.05, 4.69) is 15.7 Å². The van der Waals surface area contributed by atoms with Crippen molar-refractivity contribution in [3.63, 3.8) is 0 Å². The molecule has 0 radical (unpaired) electrons. The van der Waals surface area contributed by atoms with E-state index >= 15 is 0 Å². The molecule has 1 amide bonds. The van der Waals surface area contributed by atoms with Crippen LogP contribution in [0, 0.1) is 0 Å². The van der Waals surface area contributed by atoms with Crippen molar-refractivity contribution in [3.05, 3.63) is 23.5 Å². The van der Waals surface area contributed by atoms with Crippen molar-refractivity contribution >= 4 is 29.0 Å². The lowest BCUT2D eigenvalue weighted by atomic mass is 10.0. The summed E-state index contributed by atoms with van der Waals surface area (Å²) >= 11 is 1.39. The maximum atomic E-state index is 11.6. The molecule has 8 heteroatoms. The maximum absolute atomic E-state index is 11.6. The first-order valence-electron chi connectivity index (χ1n) is 8.81. The average molecular weight is 381 g/mol. The summed E-state index contributed by atoms with van der Waals surface area (Å²) in [6.07, 6.45) is 4.44.